The average Bonchev–Trinajstić information content (AvgIpc) is 2.86. The maximum absolute atomic E-state index is 11.1. The maximum Gasteiger partial charge on any atom is 0.335 e. The lowest BCUT2D eigenvalue weighted by Gasteiger charge is -2.21. The average molecular weight is 485 g/mol. The molecule has 3 aromatic carbocycles. The van der Waals surface area contributed by atoms with Gasteiger partial charge in [-0.25, -0.2) is 4.79 Å². The highest BCUT2D eigenvalue weighted by molar-refractivity contribution is 6.30. The van der Waals surface area contributed by atoms with Gasteiger partial charge in [-0.3, -0.25) is 4.98 Å². The van der Waals surface area contributed by atoms with Crippen LogP contribution >= 0.6 is 11.6 Å². The zero-order valence-corrected chi connectivity index (χ0v) is 20.2. The van der Waals surface area contributed by atoms with E-state index in [1.54, 1.807) is 18.3 Å². The molecule has 0 amide bonds. The van der Waals surface area contributed by atoms with Crippen LogP contribution in [0.25, 0.3) is 11.1 Å². The third kappa shape index (κ3) is 5.58. The van der Waals surface area contributed by atoms with Crippen molar-refractivity contribution in [3.8, 4) is 11.1 Å². The summed E-state index contributed by atoms with van der Waals surface area (Å²) in [7, 11) is 0. The molecule has 1 aromatic heterocycles. The van der Waals surface area contributed by atoms with Gasteiger partial charge in [-0.2, -0.15) is 0 Å². The molecule has 0 spiro atoms. The first-order valence-electron chi connectivity index (χ1n) is 11.2. The number of halogens is 1. The zero-order valence-electron chi connectivity index (χ0n) is 19.4. The minimum atomic E-state index is -0.946. The Morgan fingerprint density at radius 2 is 1.57 bits per heavy atom. The Morgan fingerprint density at radius 1 is 0.914 bits per heavy atom. The third-order valence-electron chi connectivity index (χ3n) is 6.13. The molecular weight excluding hydrogens is 460 g/mol. The molecule has 2 N–H and O–H groups in total. The number of carboxylic acid groups (broad SMARTS) is 1. The highest BCUT2D eigenvalue weighted by Gasteiger charge is 2.21. The van der Waals surface area contributed by atoms with Gasteiger partial charge in [0.15, 0.2) is 0 Å². The van der Waals surface area contributed by atoms with Gasteiger partial charge in [0.2, 0.25) is 0 Å². The molecule has 1 atom stereocenters. The van der Waals surface area contributed by atoms with E-state index >= 15 is 0 Å². The maximum atomic E-state index is 11.1. The molecule has 176 valence electrons. The monoisotopic (exact) mass is 484 g/mol. The highest BCUT2D eigenvalue weighted by Crippen LogP contribution is 2.34. The van der Waals surface area contributed by atoms with Crippen LogP contribution in [0.2, 0.25) is 5.02 Å². The zero-order chi connectivity index (χ0) is 24.9. The van der Waals surface area contributed by atoms with Crippen molar-refractivity contribution in [3.63, 3.8) is 0 Å². The summed E-state index contributed by atoms with van der Waals surface area (Å²) in [5.41, 5.74) is 7.64. The molecule has 0 bridgehead atoms. The van der Waals surface area contributed by atoms with Crippen LogP contribution in [0.15, 0.2) is 90.2 Å². The van der Waals surface area contributed by atoms with Crippen molar-refractivity contribution in [2.45, 2.75) is 26.2 Å². The van der Waals surface area contributed by atoms with E-state index in [4.69, 9.17) is 16.7 Å². The summed E-state index contributed by atoms with van der Waals surface area (Å²) < 4.78 is 0. The molecule has 0 aliphatic rings. The van der Waals surface area contributed by atoms with Crippen LogP contribution in [0, 0.1) is 13.8 Å². The van der Waals surface area contributed by atoms with Gasteiger partial charge in [-0.05, 0) is 78.1 Å². The van der Waals surface area contributed by atoms with Crippen LogP contribution in [0.5, 0.6) is 0 Å². The van der Waals surface area contributed by atoms with Crippen molar-refractivity contribution < 1.29 is 15.1 Å². The van der Waals surface area contributed by atoms with Crippen LogP contribution in [-0.2, 0) is 0 Å². The van der Waals surface area contributed by atoms with Crippen LogP contribution in [0.4, 0.5) is 0 Å². The van der Waals surface area contributed by atoms with Gasteiger partial charge in [-0.15, -0.1) is 0 Å². The molecule has 0 aliphatic carbocycles. The normalized spacial score (nSPS) is 12.4. The lowest BCUT2D eigenvalue weighted by Crippen LogP contribution is -2.12. The summed E-state index contributed by atoms with van der Waals surface area (Å²) in [5.74, 6) is -1.02. The Bertz CT molecular complexity index is 1380. The first kappa shape index (κ1) is 24.2. The van der Waals surface area contributed by atoms with E-state index in [-0.39, 0.29) is 11.5 Å². The molecular formula is C29H25ClN2O3. The summed E-state index contributed by atoms with van der Waals surface area (Å²) in [5, 5.41) is 23.3. The van der Waals surface area contributed by atoms with Crippen molar-refractivity contribution in [1.29, 1.82) is 0 Å². The van der Waals surface area contributed by atoms with Gasteiger partial charge in [0.25, 0.3) is 0 Å². The summed E-state index contributed by atoms with van der Waals surface area (Å²) in [4.78, 5) is 15.4. The largest absolute Gasteiger partial charge is 0.478 e. The number of carboxylic acids is 1. The molecule has 35 heavy (non-hydrogen) atoms. The highest BCUT2D eigenvalue weighted by atomic mass is 35.5. The number of hydrogen-bond acceptors (Lipinski definition) is 4. The van der Waals surface area contributed by atoms with Crippen LogP contribution in [0.1, 0.15) is 50.6 Å². The topological polar surface area (TPSA) is 82.8 Å². The van der Waals surface area contributed by atoms with Gasteiger partial charge in [0, 0.05) is 34.8 Å². The fourth-order valence-electron chi connectivity index (χ4n) is 4.29. The third-order valence-corrected chi connectivity index (χ3v) is 6.37. The first-order chi connectivity index (χ1) is 16.9. The number of oxime groups is 1. The lowest BCUT2D eigenvalue weighted by molar-refractivity contribution is 0.0697. The Kier molecular flexibility index (Phi) is 7.28. The first-order valence-corrected chi connectivity index (χ1v) is 11.6. The Morgan fingerprint density at radius 3 is 2.14 bits per heavy atom. The Labute approximate surface area is 209 Å². The minimum Gasteiger partial charge on any atom is -0.478 e. The van der Waals surface area contributed by atoms with Crippen molar-refractivity contribution >= 4 is 23.3 Å². The van der Waals surface area contributed by atoms with E-state index in [2.05, 4.69) is 22.3 Å². The SMILES string of the molecule is Cc1cc(/C(C[C@H](c2ccc(-c3ccc(C(=O)O)cc3)cc2)c2ccc(Cl)cc2C)=N/O)ccn1. The number of carbonyl (C=O) groups is 1. The molecule has 4 aromatic rings. The van der Waals surface area contributed by atoms with Crippen molar-refractivity contribution in [1.82, 2.24) is 4.98 Å². The number of aryl methyl sites for hydroxylation is 2. The van der Waals surface area contributed by atoms with Gasteiger partial charge in [0.1, 0.15) is 0 Å². The fourth-order valence-corrected chi connectivity index (χ4v) is 4.51. The standard InChI is InChI=1S/C29H25ClN2O3/c1-18-15-25(30)11-12-26(18)27(17-28(32-35)24-13-14-31-19(2)16-24)22-7-3-20(4-8-22)21-5-9-23(10-6-21)29(33)34/h3-16,27,35H,17H2,1-2H3,(H,33,34)/b32-28+/t27-/m1/s1. The minimum absolute atomic E-state index is 0.0740. The number of nitrogens with zero attached hydrogens (tertiary/aromatic N) is 2. The molecule has 4 rings (SSSR count). The molecule has 0 aliphatic heterocycles. The van der Waals surface area contributed by atoms with E-state index < -0.39 is 5.97 Å². The van der Waals surface area contributed by atoms with E-state index in [1.165, 1.54) is 0 Å². The molecule has 6 heteroatoms. The van der Waals surface area contributed by atoms with Gasteiger partial charge in [0.05, 0.1) is 11.3 Å². The molecule has 0 saturated carbocycles. The Hall–Kier alpha value is -3.96. The number of hydrogen-bond donors (Lipinski definition) is 2. The predicted molar refractivity (Wildman–Crippen MR) is 139 cm³/mol. The molecule has 1 heterocycles. The van der Waals surface area contributed by atoms with Crippen LogP contribution < -0.4 is 0 Å². The van der Waals surface area contributed by atoms with Crippen molar-refractivity contribution in [3.05, 3.63) is 124 Å². The van der Waals surface area contributed by atoms with Crippen molar-refractivity contribution in [2.24, 2.45) is 5.16 Å². The number of aromatic nitrogens is 1. The predicted octanol–water partition coefficient (Wildman–Crippen LogP) is 7.12. The molecule has 0 fully saturated rings. The second kappa shape index (κ2) is 10.5. The smallest absolute Gasteiger partial charge is 0.335 e. The van der Waals surface area contributed by atoms with Gasteiger partial charge in [-0.1, -0.05) is 59.2 Å². The molecule has 0 saturated heterocycles. The lowest BCUT2D eigenvalue weighted by atomic mass is 9.83. The van der Waals surface area contributed by atoms with Gasteiger partial charge < -0.3 is 10.3 Å². The van der Waals surface area contributed by atoms with E-state index in [0.29, 0.717) is 17.2 Å². The Balaban J connectivity index is 1.71. The second-order valence-electron chi connectivity index (χ2n) is 8.49. The fraction of sp³-hybridized carbons (Fsp3) is 0.138. The summed E-state index contributed by atoms with van der Waals surface area (Å²) in [6.45, 7) is 3.93. The van der Waals surface area contributed by atoms with Gasteiger partial charge >= 0.3 is 5.97 Å². The number of rotatable bonds is 7. The molecule has 0 unspecified atom stereocenters. The summed E-state index contributed by atoms with van der Waals surface area (Å²) >= 11 is 6.23. The van der Waals surface area contributed by atoms with E-state index in [9.17, 15) is 10.0 Å². The second-order valence-corrected chi connectivity index (χ2v) is 8.93. The van der Waals surface area contributed by atoms with Crippen molar-refractivity contribution in [2.75, 3.05) is 0 Å². The summed E-state index contributed by atoms with van der Waals surface area (Å²) in [6.07, 6.45) is 2.19. The molecule has 0 radical (unpaired) electrons. The van der Waals surface area contributed by atoms with Crippen LogP contribution in [-0.4, -0.2) is 27.0 Å². The summed E-state index contributed by atoms with van der Waals surface area (Å²) in [6, 6.07) is 24.6. The van der Waals surface area contributed by atoms with Crippen LogP contribution in [0.3, 0.4) is 0 Å². The number of benzene rings is 3. The number of pyridine rings is 1. The number of aromatic carboxylic acids is 1. The van der Waals surface area contributed by atoms with E-state index in [1.807, 2.05) is 68.4 Å². The molecule has 5 nitrogen and oxygen atoms in total. The quantitative estimate of drug-likeness (QED) is 0.166. The van der Waals surface area contributed by atoms with E-state index in [0.717, 1.165) is 39.1 Å².